The number of anilines is 2. The maximum Gasteiger partial charge on any atom is 0.275 e. The molecular formula is C18H22N4O4S. The van der Waals surface area contributed by atoms with Gasteiger partial charge in [0.1, 0.15) is 17.3 Å². The van der Waals surface area contributed by atoms with Crippen LogP contribution in [0.2, 0.25) is 0 Å². The van der Waals surface area contributed by atoms with Crippen molar-refractivity contribution in [2.75, 3.05) is 35.4 Å². The first-order chi connectivity index (χ1) is 12.9. The highest BCUT2D eigenvalue weighted by Crippen LogP contribution is 2.22. The van der Waals surface area contributed by atoms with Crippen LogP contribution in [0.25, 0.3) is 0 Å². The van der Waals surface area contributed by atoms with Gasteiger partial charge in [-0.15, -0.1) is 0 Å². The number of benzene rings is 1. The number of nitrogens with zero attached hydrogens (tertiary/aromatic N) is 3. The van der Waals surface area contributed by atoms with Gasteiger partial charge >= 0.3 is 0 Å². The number of rotatable bonds is 6. The van der Waals surface area contributed by atoms with E-state index in [1.54, 1.807) is 31.4 Å². The molecular weight excluding hydrogens is 368 g/mol. The fourth-order valence-corrected chi connectivity index (χ4v) is 4.84. The van der Waals surface area contributed by atoms with Gasteiger partial charge in [0.15, 0.2) is 9.84 Å². The Kier molecular flexibility index (Phi) is 5.59. The van der Waals surface area contributed by atoms with Crippen molar-refractivity contribution in [1.29, 1.82) is 0 Å². The molecule has 2 heterocycles. The number of sulfone groups is 1. The summed E-state index contributed by atoms with van der Waals surface area (Å²) in [4.78, 5) is 22.8. The van der Waals surface area contributed by atoms with Crippen LogP contribution in [-0.2, 0) is 9.84 Å². The van der Waals surface area contributed by atoms with Crippen LogP contribution in [0.4, 0.5) is 11.5 Å². The molecule has 1 N–H and O–H groups in total. The first kappa shape index (κ1) is 19.1. The molecule has 144 valence electrons. The minimum atomic E-state index is -2.98. The molecule has 0 radical (unpaired) electrons. The van der Waals surface area contributed by atoms with Crippen LogP contribution >= 0.6 is 0 Å². The van der Waals surface area contributed by atoms with Crippen molar-refractivity contribution in [3.8, 4) is 5.75 Å². The molecule has 8 nitrogen and oxygen atoms in total. The predicted octanol–water partition coefficient (Wildman–Crippen LogP) is 1.75. The molecule has 1 amide bonds. The fraction of sp³-hybridized carbons (Fsp3) is 0.389. The topological polar surface area (TPSA) is 101 Å². The lowest BCUT2D eigenvalue weighted by Crippen LogP contribution is -2.36. The maximum atomic E-state index is 12.4. The third-order valence-corrected chi connectivity index (χ3v) is 6.23. The zero-order valence-electron chi connectivity index (χ0n) is 15.3. The Bertz CT molecular complexity index is 915. The van der Waals surface area contributed by atoms with Crippen molar-refractivity contribution >= 4 is 27.2 Å². The molecule has 27 heavy (non-hydrogen) atoms. The molecule has 9 heteroatoms. The lowest BCUT2D eigenvalue weighted by atomic mass is 10.2. The van der Waals surface area contributed by atoms with E-state index >= 15 is 0 Å². The average molecular weight is 390 g/mol. The Morgan fingerprint density at radius 2 is 2.15 bits per heavy atom. The number of hydrogen-bond donors (Lipinski definition) is 1. The van der Waals surface area contributed by atoms with Crippen molar-refractivity contribution in [1.82, 2.24) is 9.97 Å². The molecule has 1 saturated heterocycles. The van der Waals surface area contributed by atoms with E-state index < -0.39 is 9.84 Å². The number of methoxy groups -OCH3 is 1. The quantitative estimate of drug-likeness (QED) is 0.802. The zero-order chi connectivity index (χ0) is 19.4. The van der Waals surface area contributed by atoms with Crippen molar-refractivity contribution in [2.24, 2.45) is 0 Å². The van der Waals surface area contributed by atoms with Gasteiger partial charge in [-0.25, -0.2) is 18.4 Å². The lowest BCUT2D eigenvalue weighted by molar-refractivity contribution is 0.102. The van der Waals surface area contributed by atoms with Gasteiger partial charge < -0.3 is 15.0 Å². The Balaban J connectivity index is 1.71. The monoisotopic (exact) mass is 390 g/mol. The molecule has 3 rings (SSSR count). The molecule has 0 saturated carbocycles. The van der Waals surface area contributed by atoms with Crippen molar-refractivity contribution in [2.45, 2.75) is 19.4 Å². The van der Waals surface area contributed by atoms with E-state index in [-0.39, 0.29) is 29.1 Å². The number of hydrogen-bond acceptors (Lipinski definition) is 7. The van der Waals surface area contributed by atoms with E-state index in [9.17, 15) is 13.2 Å². The van der Waals surface area contributed by atoms with Gasteiger partial charge in [0.25, 0.3) is 5.91 Å². The Morgan fingerprint density at radius 1 is 1.33 bits per heavy atom. The average Bonchev–Trinajstić information content (AvgIpc) is 3.02. The molecule has 0 spiro atoms. The molecule has 1 aromatic carbocycles. The summed E-state index contributed by atoms with van der Waals surface area (Å²) < 4.78 is 28.6. The zero-order valence-corrected chi connectivity index (χ0v) is 16.1. The van der Waals surface area contributed by atoms with Gasteiger partial charge in [0.05, 0.1) is 31.0 Å². The van der Waals surface area contributed by atoms with E-state index in [4.69, 9.17) is 4.74 Å². The van der Waals surface area contributed by atoms with Crippen LogP contribution < -0.4 is 15.0 Å². The van der Waals surface area contributed by atoms with Crippen LogP contribution in [-0.4, -0.2) is 55.5 Å². The van der Waals surface area contributed by atoms with Crippen LogP contribution in [0.5, 0.6) is 5.75 Å². The highest BCUT2D eigenvalue weighted by Gasteiger charge is 2.32. The molecule has 1 aliphatic rings. The highest BCUT2D eigenvalue weighted by molar-refractivity contribution is 7.91. The summed E-state index contributed by atoms with van der Waals surface area (Å²) in [6, 6.07) is 6.91. The van der Waals surface area contributed by atoms with Crippen LogP contribution in [0.15, 0.2) is 36.7 Å². The number of nitrogens with one attached hydrogen (secondary N) is 1. The smallest absolute Gasteiger partial charge is 0.275 e. The summed E-state index contributed by atoms with van der Waals surface area (Å²) in [6.45, 7) is 2.56. The van der Waals surface area contributed by atoms with Gasteiger partial charge in [0.2, 0.25) is 0 Å². The van der Waals surface area contributed by atoms with Gasteiger partial charge in [-0.3, -0.25) is 4.79 Å². The summed E-state index contributed by atoms with van der Waals surface area (Å²) in [7, 11) is -1.43. The van der Waals surface area contributed by atoms with E-state index in [2.05, 4.69) is 15.3 Å². The Morgan fingerprint density at radius 3 is 2.74 bits per heavy atom. The first-order valence-electron chi connectivity index (χ1n) is 8.66. The molecule has 1 aliphatic heterocycles. The number of amides is 1. The number of carbonyl (C=O) groups excluding carboxylic acids is 1. The summed E-state index contributed by atoms with van der Waals surface area (Å²) in [5.41, 5.74) is 0.772. The second-order valence-electron chi connectivity index (χ2n) is 6.29. The van der Waals surface area contributed by atoms with Gasteiger partial charge in [-0.2, -0.15) is 0 Å². The number of aromatic nitrogens is 2. The van der Waals surface area contributed by atoms with Gasteiger partial charge in [-0.05, 0) is 25.5 Å². The third kappa shape index (κ3) is 4.54. The van der Waals surface area contributed by atoms with Crippen molar-refractivity contribution in [3.63, 3.8) is 0 Å². The highest BCUT2D eigenvalue weighted by atomic mass is 32.2. The van der Waals surface area contributed by atoms with Crippen molar-refractivity contribution < 1.29 is 17.9 Å². The van der Waals surface area contributed by atoms with E-state index in [0.717, 1.165) is 0 Å². The molecule has 1 fully saturated rings. The fourth-order valence-electron chi connectivity index (χ4n) is 3.11. The predicted molar refractivity (Wildman–Crippen MR) is 103 cm³/mol. The Labute approximate surface area is 158 Å². The number of carbonyl (C=O) groups is 1. The summed E-state index contributed by atoms with van der Waals surface area (Å²) >= 11 is 0. The van der Waals surface area contributed by atoms with Gasteiger partial charge in [0, 0.05) is 24.3 Å². The SMILES string of the molecule is CCN(c1cnc(C(=O)Nc2cccc(OC)c2)cn1)C1CCS(=O)(=O)C1. The number of ether oxygens (including phenoxy) is 1. The lowest BCUT2D eigenvalue weighted by Gasteiger charge is -2.27. The molecule has 1 atom stereocenters. The first-order valence-corrected chi connectivity index (χ1v) is 10.5. The van der Waals surface area contributed by atoms with E-state index in [1.807, 2.05) is 11.8 Å². The Hall–Kier alpha value is -2.68. The maximum absolute atomic E-state index is 12.4. The van der Waals surface area contributed by atoms with Crippen molar-refractivity contribution in [3.05, 3.63) is 42.4 Å². The van der Waals surface area contributed by atoms with Crippen LogP contribution in [0.3, 0.4) is 0 Å². The standard InChI is InChI=1S/C18H22N4O4S/c1-3-22(14-7-8-27(24,25)12-14)17-11-19-16(10-20-17)18(23)21-13-5-4-6-15(9-13)26-2/h4-6,9-11,14H,3,7-8,12H2,1-2H3,(H,21,23). The van der Waals surface area contributed by atoms with Crippen LogP contribution in [0, 0.1) is 0 Å². The van der Waals surface area contributed by atoms with Gasteiger partial charge in [-0.1, -0.05) is 6.07 Å². The molecule has 1 unspecified atom stereocenters. The minimum absolute atomic E-state index is 0.106. The third-order valence-electron chi connectivity index (χ3n) is 4.48. The van der Waals surface area contributed by atoms with Crippen LogP contribution in [0.1, 0.15) is 23.8 Å². The minimum Gasteiger partial charge on any atom is -0.497 e. The summed E-state index contributed by atoms with van der Waals surface area (Å²) in [6.07, 6.45) is 3.49. The van der Waals surface area contributed by atoms with E-state index in [1.165, 1.54) is 12.4 Å². The van der Waals surface area contributed by atoms with E-state index in [0.29, 0.717) is 30.2 Å². The summed E-state index contributed by atoms with van der Waals surface area (Å²) in [5, 5.41) is 2.75. The molecule has 1 aromatic heterocycles. The molecule has 2 aromatic rings. The second-order valence-corrected chi connectivity index (χ2v) is 8.52. The normalized spacial score (nSPS) is 18.1. The molecule has 0 bridgehead atoms. The summed E-state index contributed by atoms with van der Waals surface area (Å²) in [5.74, 6) is 1.15. The second kappa shape index (κ2) is 7.91. The molecule has 0 aliphatic carbocycles. The largest absolute Gasteiger partial charge is 0.497 e.